The smallest absolute Gasteiger partial charge is 0.408 e. The molecule has 0 unspecified atom stereocenters. The van der Waals surface area contributed by atoms with Gasteiger partial charge in [0.25, 0.3) is 0 Å². The van der Waals surface area contributed by atoms with Crippen LogP contribution in [0.3, 0.4) is 0 Å². The number of carbonyl (C=O) groups excluding carboxylic acids is 1. The first kappa shape index (κ1) is 17.4. The molecule has 8 heteroatoms. The third-order valence-electron chi connectivity index (χ3n) is 2.38. The van der Waals surface area contributed by atoms with E-state index in [1.54, 1.807) is 16.9 Å². The Labute approximate surface area is 127 Å². The number of alkyl carbamates (subject to hydrolysis) is 1. The maximum atomic E-state index is 11.8. The number of hydrogen-bond donors (Lipinski definition) is 4. The molecule has 0 fully saturated rings. The number of amides is 1. The molecule has 0 aliphatic heterocycles. The molecule has 1 aromatic rings. The second-order valence-electron chi connectivity index (χ2n) is 5.45. The highest BCUT2D eigenvalue weighted by molar-refractivity contribution is 7.10. The van der Waals surface area contributed by atoms with E-state index >= 15 is 0 Å². The van der Waals surface area contributed by atoms with E-state index in [1.165, 1.54) is 18.4 Å². The van der Waals surface area contributed by atoms with Crippen LogP contribution in [-0.2, 0) is 9.47 Å². The van der Waals surface area contributed by atoms with E-state index in [0.29, 0.717) is 5.56 Å². The molecule has 0 spiro atoms. The molecule has 1 amide bonds. The quantitative estimate of drug-likeness (QED) is 0.379. The maximum Gasteiger partial charge on any atom is 0.408 e. The van der Waals surface area contributed by atoms with Crippen molar-refractivity contribution >= 4 is 23.3 Å². The van der Waals surface area contributed by atoms with Gasteiger partial charge >= 0.3 is 6.09 Å². The first-order valence-electron chi connectivity index (χ1n) is 6.32. The minimum absolute atomic E-state index is 0.118. The van der Waals surface area contributed by atoms with Crippen molar-refractivity contribution in [3.63, 3.8) is 0 Å². The van der Waals surface area contributed by atoms with Crippen molar-refractivity contribution in [2.75, 3.05) is 13.7 Å². The molecule has 0 aliphatic carbocycles. The average molecular weight is 315 g/mol. The Bertz CT molecular complexity index is 496. The van der Waals surface area contributed by atoms with Gasteiger partial charge in [-0.3, -0.25) is 16.1 Å². The lowest BCUT2D eigenvalue weighted by molar-refractivity contribution is 0.0371. The van der Waals surface area contributed by atoms with Gasteiger partial charge in [0.15, 0.2) is 6.10 Å². The van der Waals surface area contributed by atoms with Crippen molar-refractivity contribution in [1.29, 1.82) is 5.41 Å². The Hall–Kier alpha value is -1.64. The number of amidine groups is 1. The highest BCUT2D eigenvalue weighted by Gasteiger charge is 2.22. The van der Waals surface area contributed by atoms with E-state index in [4.69, 9.17) is 20.1 Å². The fourth-order valence-corrected chi connectivity index (χ4v) is 2.42. The zero-order valence-electron chi connectivity index (χ0n) is 12.5. The van der Waals surface area contributed by atoms with E-state index in [1.807, 2.05) is 20.8 Å². The number of ether oxygens (including phenoxy) is 2. The number of rotatable bonds is 5. The summed E-state index contributed by atoms with van der Waals surface area (Å²) in [6.07, 6.45) is -1.10. The Morgan fingerprint density at radius 1 is 1.52 bits per heavy atom. The molecule has 118 valence electrons. The summed E-state index contributed by atoms with van der Waals surface area (Å²) in [6.45, 7) is 5.78. The summed E-state index contributed by atoms with van der Waals surface area (Å²) in [4.78, 5) is 12.6. The highest BCUT2D eigenvalue weighted by atomic mass is 32.1. The molecule has 7 nitrogen and oxygen atoms in total. The summed E-state index contributed by atoms with van der Waals surface area (Å²) in [7, 11) is 1.52. The van der Waals surface area contributed by atoms with Crippen LogP contribution in [-0.4, -0.2) is 36.4 Å². The van der Waals surface area contributed by atoms with Crippen LogP contribution in [0.25, 0.3) is 0 Å². The molecule has 0 radical (unpaired) electrons. The third-order valence-corrected chi connectivity index (χ3v) is 3.41. The predicted molar refractivity (Wildman–Crippen MR) is 80.1 cm³/mol. The van der Waals surface area contributed by atoms with Crippen molar-refractivity contribution in [2.24, 2.45) is 0 Å². The molecule has 21 heavy (non-hydrogen) atoms. The number of methoxy groups -OCH3 is 1. The van der Waals surface area contributed by atoms with Crippen LogP contribution >= 0.6 is 11.3 Å². The summed E-state index contributed by atoms with van der Waals surface area (Å²) < 4.78 is 10.4. The lowest BCUT2D eigenvalue weighted by Gasteiger charge is -2.23. The van der Waals surface area contributed by atoms with Crippen molar-refractivity contribution in [1.82, 2.24) is 10.8 Å². The van der Waals surface area contributed by atoms with Crippen molar-refractivity contribution in [2.45, 2.75) is 32.4 Å². The van der Waals surface area contributed by atoms with Crippen molar-refractivity contribution in [3.8, 4) is 0 Å². The third kappa shape index (κ3) is 5.70. The SMILES string of the molecule is COC[C@@H](OC(=O)NC(C)(C)C)c1cc(C(=N)NO)cs1. The van der Waals surface area contributed by atoms with Crippen LogP contribution in [0.5, 0.6) is 0 Å². The molecule has 0 saturated carbocycles. The van der Waals surface area contributed by atoms with Gasteiger partial charge in [0.05, 0.1) is 6.61 Å². The minimum Gasteiger partial charge on any atom is -0.438 e. The largest absolute Gasteiger partial charge is 0.438 e. The number of nitrogens with one attached hydrogen (secondary N) is 3. The Kier molecular flexibility index (Phi) is 6.13. The van der Waals surface area contributed by atoms with Gasteiger partial charge < -0.3 is 14.8 Å². The normalized spacial score (nSPS) is 12.6. The van der Waals surface area contributed by atoms with Gasteiger partial charge in [-0.1, -0.05) is 0 Å². The lowest BCUT2D eigenvalue weighted by atomic mass is 10.1. The molecular formula is C13H21N3O4S. The zero-order valence-corrected chi connectivity index (χ0v) is 13.3. The van der Waals surface area contributed by atoms with Crippen molar-refractivity contribution < 1.29 is 19.5 Å². The van der Waals surface area contributed by atoms with Crippen LogP contribution in [0, 0.1) is 5.41 Å². The molecule has 0 saturated heterocycles. The predicted octanol–water partition coefficient (Wildman–Crippen LogP) is 2.26. The van der Waals surface area contributed by atoms with Crippen LogP contribution in [0.2, 0.25) is 0 Å². The van der Waals surface area contributed by atoms with E-state index in [9.17, 15) is 4.79 Å². The number of hydroxylamine groups is 1. The van der Waals surface area contributed by atoms with E-state index in [2.05, 4.69) is 5.32 Å². The van der Waals surface area contributed by atoms with E-state index in [0.717, 1.165) is 4.88 Å². The van der Waals surface area contributed by atoms with Crippen LogP contribution in [0.1, 0.15) is 37.3 Å². The minimum atomic E-state index is -0.567. The summed E-state index contributed by atoms with van der Waals surface area (Å²) in [6, 6.07) is 1.67. The Morgan fingerprint density at radius 3 is 2.71 bits per heavy atom. The molecule has 1 heterocycles. The molecule has 1 rings (SSSR count). The molecular weight excluding hydrogens is 294 g/mol. The fraction of sp³-hybridized carbons (Fsp3) is 0.538. The van der Waals surface area contributed by atoms with Gasteiger partial charge in [0.1, 0.15) is 5.84 Å². The first-order chi connectivity index (χ1) is 9.76. The molecule has 0 aromatic carbocycles. The fourth-order valence-electron chi connectivity index (χ4n) is 1.51. The molecule has 1 aromatic heterocycles. The van der Waals surface area contributed by atoms with Crippen LogP contribution in [0.15, 0.2) is 11.4 Å². The van der Waals surface area contributed by atoms with Gasteiger partial charge in [-0.25, -0.2) is 4.79 Å². The molecule has 0 bridgehead atoms. The van der Waals surface area contributed by atoms with Crippen molar-refractivity contribution in [3.05, 3.63) is 21.9 Å². The monoisotopic (exact) mass is 315 g/mol. The summed E-state index contributed by atoms with van der Waals surface area (Å²) in [5, 5.41) is 20.6. The summed E-state index contributed by atoms with van der Waals surface area (Å²) in [5.41, 5.74) is 1.90. The second kappa shape index (κ2) is 7.39. The highest BCUT2D eigenvalue weighted by Crippen LogP contribution is 2.26. The number of thiophene rings is 1. The molecule has 0 aliphatic rings. The van der Waals surface area contributed by atoms with Crippen LogP contribution in [0.4, 0.5) is 4.79 Å². The van der Waals surface area contributed by atoms with Gasteiger partial charge in [-0.15, -0.1) is 11.3 Å². The second-order valence-corrected chi connectivity index (χ2v) is 6.39. The zero-order chi connectivity index (χ0) is 16.0. The number of carbonyl (C=O) groups is 1. The standard InChI is InChI=1S/C13H21N3O4S/c1-13(2,3)15-12(17)20-9(6-19-4)10-5-8(7-21-10)11(14)16-18/h5,7,9,18H,6H2,1-4H3,(H2,14,16)(H,15,17)/t9-/m1/s1. The average Bonchev–Trinajstić information content (AvgIpc) is 2.84. The van der Waals surface area contributed by atoms with Gasteiger partial charge in [0, 0.05) is 28.5 Å². The first-order valence-corrected chi connectivity index (χ1v) is 7.20. The Morgan fingerprint density at radius 2 is 2.19 bits per heavy atom. The number of hydrogen-bond acceptors (Lipinski definition) is 6. The van der Waals surface area contributed by atoms with Gasteiger partial charge in [0.2, 0.25) is 0 Å². The summed E-state index contributed by atoms with van der Waals surface area (Å²) >= 11 is 1.32. The van der Waals surface area contributed by atoms with Crippen LogP contribution < -0.4 is 10.8 Å². The van der Waals surface area contributed by atoms with E-state index in [-0.39, 0.29) is 12.4 Å². The maximum absolute atomic E-state index is 11.8. The molecule has 4 N–H and O–H groups in total. The van der Waals surface area contributed by atoms with Gasteiger partial charge in [-0.05, 0) is 26.8 Å². The summed E-state index contributed by atoms with van der Waals surface area (Å²) in [5.74, 6) is -0.118. The van der Waals surface area contributed by atoms with E-state index < -0.39 is 17.7 Å². The lowest BCUT2D eigenvalue weighted by Crippen LogP contribution is -2.41. The van der Waals surface area contributed by atoms with Gasteiger partial charge in [-0.2, -0.15) is 0 Å². The molecule has 1 atom stereocenters. The Balaban J connectivity index is 2.79. The topological polar surface area (TPSA) is 104 Å².